The Bertz CT molecular complexity index is 270. The van der Waals surface area contributed by atoms with Crippen LogP contribution in [0.1, 0.15) is 47.0 Å². The van der Waals surface area contributed by atoms with Crippen molar-refractivity contribution in [1.29, 1.82) is 0 Å². The lowest BCUT2D eigenvalue weighted by molar-refractivity contribution is -0.174. The lowest BCUT2D eigenvalue weighted by Gasteiger charge is -2.30. The first-order valence-electron chi connectivity index (χ1n) is 6.93. The van der Waals surface area contributed by atoms with Crippen LogP contribution in [0.4, 0.5) is 0 Å². The summed E-state index contributed by atoms with van der Waals surface area (Å²) in [5.74, 6) is -1.26. The number of hydrogen-bond donors (Lipinski definition) is 1. The quantitative estimate of drug-likeness (QED) is 0.513. The number of carbonyl (C=O) groups excluding carboxylic acids is 2. The van der Waals surface area contributed by atoms with E-state index in [9.17, 15) is 14.7 Å². The fraction of sp³-hybridized carbons (Fsp3) is 0.857. The summed E-state index contributed by atoms with van der Waals surface area (Å²) in [6.07, 6.45) is 1.28. The monoisotopic (exact) mass is 274 g/mol. The highest BCUT2D eigenvalue weighted by Gasteiger charge is 2.48. The molecule has 0 aromatic heterocycles. The molecule has 112 valence electrons. The molecule has 0 bridgehead atoms. The van der Waals surface area contributed by atoms with Crippen molar-refractivity contribution in [2.24, 2.45) is 11.3 Å². The SMILES string of the molecule is CCCC(CC(C)CO)(C(=O)OCC)C(=O)OCC. The molecule has 0 heterocycles. The number of rotatable bonds is 9. The molecule has 0 aromatic rings. The molecule has 0 fully saturated rings. The minimum absolute atomic E-state index is 0.0791. The van der Waals surface area contributed by atoms with E-state index in [1.165, 1.54) is 0 Å². The summed E-state index contributed by atoms with van der Waals surface area (Å²) in [7, 11) is 0. The Balaban J connectivity index is 5.31. The lowest BCUT2D eigenvalue weighted by Crippen LogP contribution is -2.43. The molecule has 0 saturated carbocycles. The van der Waals surface area contributed by atoms with Gasteiger partial charge in [0.05, 0.1) is 13.2 Å². The molecule has 0 spiro atoms. The Morgan fingerprint density at radius 2 is 1.58 bits per heavy atom. The molecule has 1 unspecified atom stereocenters. The van der Waals surface area contributed by atoms with E-state index in [4.69, 9.17) is 9.47 Å². The van der Waals surface area contributed by atoms with E-state index in [2.05, 4.69) is 0 Å². The summed E-state index contributed by atoms with van der Waals surface area (Å²) in [5.41, 5.74) is -1.29. The van der Waals surface area contributed by atoms with Gasteiger partial charge >= 0.3 is 11.9 Å². The molecular weight excluding hydrogens is 248 g/mol. The second-order valence-corrected chi connectivity index (χ2v) is 4.76. The zero-order valence-electron chi connectivity index (χ0n) is 12.4. The van der Waals surface area contributed by atoms with Crippen molar-refractivity contribution in [2.45, 2.75) is 47.0 Å². The summed E-state index contributed by atoms with van der Waals surface area (Å²) < 4.78 is 10.1. The van der Waals surface area contributed by atoms with Gasteiger partial charge in [-0.25, -0.2) is 0 Å². The molecule has 0 radical (unpaired) electrons. The highest BCUT2D eigenvalue weighted by molar-refractivity contribution is 6.00. The van der Waals surface area contributed by atoms with Crippen molar-refractivity contribution in [3.05, 3.63) is 0 Å². The van der Waals surface area contributed by atoms with Crippen molar-refractivity contribution >= 4 is 11.9 Å². The Kier molecular flexibility index (Phi) is 8.39. The van der Waals surface area contributed by atoms with E-state index in [0.717, 1.165) is 0 Å². The van der Waals surface area contributed by atoms with Gasteiger partial charge in [-0.15, -0.1) is 0 Å². The molecule has 19 heavy (non-hydrogen) atoms. The predicted molar refractivity (Wildman–Crippen MR) is 71.5 cm³/mol. The maximum absolute atomic E-state index is 12.2. The smallest absolute Gasteiger partial charge is 0.323 e. The van der Waals surface area contributed by atoms with Gasteiger partial charge in [-0.3, -0.25) is 9.59 Å². The molecule has 0 aliphatic heterocycles. The first-order valence-corrected chi connectivity index (χ1v) is 6.93. The Hall–Kier alpha value is -1.10. The summed E-state index contributed by atoms with van der Waals surface area (Å²) in [6.45, 7) is 7.46. The van der Waals surface area contributed by atoms with Gasteiger partial charge in [-0.05, 0) is 32.6 Å². The third-order valence-corrected chi connectivity index (χ3v) is 3.02. The van der Waals surface area contributed by atoms with Gasteiger partial charge in [0.25, 0.3) is 0 Å². The topological polar surface area (TPSA) is 72.8 Å². The van der Waals surface area contributed by atoms with Crippen molar-refractivity contribution in [1.82, 2.24) is 0 Å². The van der Waals surface area contributed by atoms with E-state index in [-0.39, 0.29) is 32.2 Å². The minimum atomic E-state index is -1.29. The van der Waals surface area contributed by atoms with Crippen LogP contribution in [-0.4, -0.2) is 36.9 Å². The third-order valence-electron chi connectivity index (χ3n) is 3.02. The van der Waals surface area contributed by atoms with E-state index < -0.39 is 17.4 Å². The molecule has 0 amide bonds. The summed E-state index contributed by atoms with van der Waals surface area (Å²) in [4.78, 5) is 24.4. The van der Waals surface area contributed by atoms with Crippen molar-refractivity contribution in [3.8, 4) is 0 Å². The largest absolute Gasteiger partial charge is 0.465 e. The fourth-order valence-electron chi connectivity index (χ4n) is 2.18. The van der Waals surface area contributed by atoms with Crippen molar-refractivity contribution in [3.63, 3.8) is 0 Å². The van der Waals surface area contributed by atoms with Crippen molar-refractivity contribution < 1.29 is 24.2 Å². The molecule has 1 atom stereocenters. The van der Waals surface area contributed by atoms with Gasteiger partial charge in [0.1, 0.15) is 0 Å². The van der Waals surface area contributed by atoms with Crippen LogP contribution in [0, 0.1) is 11.3 Å². The minimum Gasteiger partial charge on any atom is -0.465 e. The Morgan fingerprint density at radius 3 is 1.89 bits per heavy atom. The summed E-state index contributed by atoms with van der Waals surface area (Å²) >= 11 is 0. The summed E-state index contributed by atoms with van der Waals surface area (Å²) in [5, 5.41) is 9.19. The Morgan fingerprint density at radius 1 is 1.11 bits per heavy atom. The van der Waals surface area contributed by atoms with Gasteiger partial charge < -0.3 is 14.6 Å². The molecule has 1 N–H and O–H groups in total. The standard InChI is InChI=1S/C14H26O5/c1-5-8-14(9-11(4)10-15,12(16)18-6-2)13(17)19-7-3/h11,15H,5-10H2,1-4H3. The normalized spacial score (nSPS) is 12.9. The molecule has 0 saturated heterocycles. The van der Waals surface area contributed by atoms with Gasteiger partial charge in [0.15, 0.2) is 5.41 Å². The van der Waals surface area contributed by atoms with Gasteiger partial charge in [-0.2, -0.15) is 0 Å². The van der Waals surface area contributed by atoms with Crippen LogP contribution in [0.5, 0.6) is 0 Å². The van der Waals surface area contributed by atoms with Crippen LogP contribution < -0.4 is 0 Å². The highest BCUT2D eigenvalue weighted by atomic mass is 16.6. The maximum Gasteiger partial charge on any atom is 0.323 e. The van der Waals surface area contributed by atoms with Crippen molar-refractivity contribution in [2.75, 3.05) is 19.8 Å². The van der Waals surface area contributed by atoms with Crippen LogP contribution in [-0.2, 0) is 19.1 Å². The first-order chi connectivity index (χ1) is 8.98. The number of aliphatic hydroxyl groups excluding tert-OH is 1. The second kappa shape index (κ2) is 8.91. The molecule has 0 aromatic carbocycles. The third kappa shape index (κ3) is 4.82. The van der Waals surface area contributed by atoms with Gasteiger partial charge in [0.2, 0.25) is 0 Å². The van der Waals surface area contributed by atoms with E-state index in [1.807, 2.05) is 6.92 Å². The number of ether oxygens (including phenoxy) is 2. The number of carbonyl (C=O) groups is 2. The lowest BCUT2D eigenvalue weighted by atomic mass is 9.76. The molecule has 0 aliphatic carbocycles. The number of esters is 2. The molecular formula is C14H26O5. The average Bonchev–Trinajstić information content (AvgIpc) is 2.38. The average molecular weight is 274 g/mol. The zero-order valence-corrected chi connectivity index (χ0v) is 12.4. The second-order valence-electron chi connectivity index (χ2n) is 4.76. The van der Waals surface area contributed by atoms with Gasteiger partial charge in [0, 0.05) is 6.61 Å². The van der Waals surface area contributed by atoms with Crippen LogP contribution in [0.15, 0.2) is 0 Å². The number of hydrogen-bond acceptors (Lipinski definition) is 5. The zero-order chi connectivity index (χ0) is 14.9. The van der Waals surface area contributed by atoms with E-state index in [1.54, 1.807) is 20.8 Å². The van der Waals surface area contributed by atoms with Crippen LogP contribution in [0.3, 0.4) is 0 Å². The van der Waals surface area contributed by atoms with E-state index in [0.29, 0.717) is 12.8 Å². The van der Waals surface area contributed by atoms with Gasteiger partial charge in [-0.1, -0.05) is 20.3 Å². The first kappa shape index (κ1) is 17.9. The molecule has 0 rings (SSSR count). The van der Waals surface area contributed by atoms with Crippen LogP contribution in [0.25, 0.3) is 0 Å². The molecule has 5 heteroatoms. The molecule has 0 aliphatic rings. The predicted octanol–water partition coefficient (Wildman–Crippen LogP) is 1.92. The highest BCUT2D eigenvalue weighted by Crippen LogP contribution is 2.35. The molecule has 5 nitrogen and oxygen atoms in total. The maximum atomic E-state index is 12.2. The van der Waals surface area contributed by atoms with Crippen LogP contribution in [0.2, 0.25) is 0 Å². The fourth-order valence-corrected chi connectivity index (χ4v) is 2.18. The van der Waals surface area contributed by atoms with Crippen LogP contribution >= 0.6 is 0 Å². The Labute approximate surface area is 115 Å². The summed E-state index contributed by atoms with van der Waals surface area (Å²) in [6, 6.07) is 0. The van der Waals surface area contributed by atoms with E-state index >= 15 is 0 Å². The number of aliphatic hydroxyl groups is 1.